The van der Waals surface area contributed by atoms with Gasteiger partial charge in [-0.25, -0.2) is 4.57 Å². The molecular formula is C46H78NO20P. The Bertz CT molecular complexity index is 1740. The second-order valence-electron chi connectivity index (χ2n) is 19.3. The summed E-state index contributed by atoms with van der Waals surface area (Å²) in [5.74, 6) is -4.21. The van der Waals surface area contributed by atoms with Crippen molar-refractivity contribution in [2.75, 3.05) is 34.9 Å². The summed E-state index contributed by atoms with van der Waals surface area (Å²) in [6, 6.07) is -1.04. The zero-order valence-corrected chi connectivity index (χ0v) is 42.3. The second-order valence-corrected chi connectivity index (χ2v) is 20.5. The molecule has 2 unspecified atom stereocenters. The molecule has 4 aliphatic heterocycles. The number of esters is 1. The maximum absolute atomic E-state index is 13.9. The molecule has 0 saturated carbocycles. The highest BCUT2D eigenvalue weighted by molar-refractivity contribution is 7.46. The highest BCUT2D eigenvalue weighted by Gasteiger charge is 2.54. The molecule has 0 aliphatic carbocycles. The van der Waals surface area contributed by atoms with E-state index in [0.717, 1.165) is 0 Å². The minimum atomic E-state index is -5.32. The molecule has 392 valence electrons. The molecule has 0 amide bonds. The molecule has 4 aliphatic rings. The molecule has 3 fully saturated rings. The molecule has 6 N–H and O–H groups in total. The van der Waals surface area contributed by atoms with Crippen molar-refractivity contribution in [1.29, 1.82) is 0 Å². The fourth-order valence-corrected chi connectivity index (χ4v) is 10.3. The van der Waals surface area contributed by atoms with E-state index in [1.54, 1.807) is 66.6 Å². The number of rotatable bonds is 15. The molecule has 0 spiro atoms. The monoisotopic (exact) mass is 995 g/mol. The number of hydrogen-bond acceptors (Lipinski definition) is 19. The average molecular weight is 996 g/mol. The zero-order valence-electron chi connectivity index (χ0n) is 41.4. The number of aldehydes is 1. The third kappa shape index (κ3) is 15.2. The van der Waals surface area contributed by atoms with Gasteiger partial charge in [-0.1, -0.05) is 38.5 Å². The number of phosphoric ester groups is 1. The molecule has 4 heterocycles. The van der Waals surface area contributed by atoms with Gasteiger partial charge in [-0.05, 0) is 73.5 Å². The smallest absolute Gasteiger partial charge is 0.462 e. The normalized spacial score (nSPS) is 44.2. The first-order chi connectivity index (χ1) is 31.8. The number of carbonyl (C=O) groups is 3. The average Bonchev–Trinajstić information content (AvgIpc) is 3.25. The summed E-state index contributed by atoms with van der Waals surface area (Å²) < 4.78 is 72.8. The number of phosphoric acid groups is 1. The summed E-state index contributed by atoms with van der Waals surface area (Å²) in [4.78, 5) is 62.2. The Labute approximate surface area is 399 Å². The van der Waals surface area contributed by atoms with Gasteiger partial charge in [-0.3, -0.25) is 14.1 Å². The Morgan fingerprint density at radius 3 is 2.10 bits per heavy atom. The summed E-state index contributed by atoms with van der Waals surface area (Å²) in [6.45, 7) is 13.1. The molecule has 21 nitrogen and oxygen atoms in total. The Kier molecular flexibility index (Phi) is 21.9. The Morgan fingerprint density at radius 2 is 1.53 bits per heavy atom. The predicted octanol–water partition coefficient (Wildman–Crippen LogP) is 1.95. The highest BCUT2D eigenvalue weighted by Crippen LogP contribution is 2.45. The van der Waals surface area contributed by atoms with E-state index in [1.807, 2.05) is 13.0 Å². The van der Waals surface area contributed by atoms with Gasteiger partial charge in [-0.2, -0.15) is 0 Å². The van der Waals surface area contributed by atoms with Gasteiger partial charge in [0.25, 0.3) is 0 Å². The van der Waals surface area contributed by atoms with Crippen LogP contribution in [-0.2, 0) is 66.1 Å². The largest absolute Gasteiger partial charge is 0.470 e. The second kappa shape index (κ2) is 25.5. The van der Waals surface area contributed by atoms with E-state index in [9.17, 15) is 49.2 Å². The van der Waals surface area contributed by atoms with Crippen molar-refractivity contribution in [2.24, 2.45) is 23.7 Å². The van der Waals surface area contributed by atoms with Crippen molar-refractivity contribution in [3.63, 3.8) is 0 Å². The number of likely N-dealkylation sites (N-methyl/N-ethyl adjacent to an activating group) is 1. The van der Waals surface area contributed by atoms with E-state index < -0.39 is 148 Å². The van der Waals surface area contributed by atoms with Gasteiger partial charge in [0.15, 0.2) is 24.7 Å². The molecule has 0 bridgehead atoms. The molecule has 0 aromatic heterocycles. The lowest BCUT2D eigenvalue weighted by Crippen LogP contribution is -2.66. The first-order valence-electron chi connectivity index (χ1n) is 23.4. The van der Waals surface area contributed by atoms with Gasteiger partial charge in [0.05, 0.1) is 55.2 Å². The predicted molar refractivity (Wildman–Crippen MR) is 241 cm³/mol. The lowest BCUT2D eigenvalue weighted by atomic mass is 9.79. The summed E-state index contributed by atoms with van der Waals surface area (Å²) in [6.07, 6.45) is -11.1. The number of hydrogen-bond donors (Lipinski definition) is 6. The molecule has 0 aromatic carbocycles. The number of ether oxygens (including phenoxy) is 9. The van der Waals surface area contributed by atoms with E-state index >= 15 is 0 Å². The number of ketones is 1. The number of aliphatic hydroxyl groups excluding tert-OH is 3. The van der Waals surface area contributed by atoms with E-state index in [1.165, 1.54) is 27.2 Å². The van der Waals surface area contributed by atoms with Crippen LogP contribution in [0.3, 0.4) is 0 Å². The lowest BCUT2D eigenvalue weighted by molar-refractivity contribution is -0.339. The van der Waals surface area contributed by atoms with Crippen molar-refractivity contribution in [3.05, 3.63) is 23.8 Å². The summed E-state index contributed by atoms with van der Waals surface area (Å²) in [5.41, 5.74) is -0.963. The van der Waals surface area contributed by atoms with Crippen LogP contribution in [0.25, 0.3) is 0 Å². The SMILES string of the molecule is CCC1OC(=O)C[C@@H](O)[C@H](C)C(O[C@@H]2O[C@H](C)[C@@H](O[C@H]3C[C@@](C)(O)[C@@H](O)[C@H](C)O3)[C@H](N(C)C)[C@H]2OP(=O)(O)O)[C@@H](CC=O)C[C@@H](C)C(=O)/C=C\C(C)=C\[C@@H]1CO[C@@H]1O[C@H](C)[C@@H](O)[C@@H](OC)[C@H]1OC. The topological polar surface area (TPSA) is 285 Å². The van der Waals surface area contributed by atoms with E-state index in [4.69, 9.17) is 47.2 Å². The maximum atomic E-state index is 13.9. The van der Waals surface area contributed by atoms with Gasteiger partial charge in [0.1, 0.15) is 49.0 Å². The molecule has 0 radical (unpaired) electrons. The first kappa shape index (κ1) is 58.5. The summed E-state index contributed by atoms with van der Waals surface area (Å²) in [5, 5.41) is 44.0. The van der Waals surface area contributed by atoms with Crippen LogP contribution in [0, 0.1) is 23.7 Å². The molecule has 21 atom stereocenters. The number of allylic oxidation sites excluding steroid dienone is 3. The van der Waals surface area contributed by atoms with Gasteiger partial charge >= 0.3 is 13.8 Å². The highest BCUT2D eigenvalue weighted by atomic mass is 31.2. The van der Waals surface area contributed by atoms with Crippen molar-refractivity contribution in [3.8, 4) is 0 Å². The first-order valence-corrected chi connectivity index (χ1v) is 24.9. The van der Waals surface area contributed by atoms with Crippen LogP contribution in [-0.4, -0.2) is 192 Å². The van der Waals surface area contributed by atoms with E-state index in [-0.39, 0.29) is 31.7 Å². The van der Waals surface area contributed by atoms with Crippen LogP contribution < -0.4 is 0 Å². The third-order valence-electron chi connectivity index (χ3n) is 13.6. The fraction of sp³-hybridized carbons (Fsp3) is 0.848. The minimum absolute atomic E-state index is 0.0426. The van der Waals surface area contributed by atoms with Crippen LogP contribution in [0.1, 0.15) is 87.5 Å². The number of methoxy groups -OCH3 is 2. The van der Waals surface area contributed by atoms with Crippen LogP contribution in [0.15, 0.2) is 23.8 Å². The zero-order chi connectivity index (χ0) is 51.0. The van der Waals surface area contributed by atoms with Crippen molar-refractivity contribution < 1.29 is 96.3 Å². The molecule has 0 aromatic rings. The van der Waals surface area contributed by atoms with E-state index in [0.29, 0.717) is 18.3 Å². The summed E-state index contributed by atoms with van der Waals surface area (Å²) >= 11 is 0. The Hall–Kier alpha value is -2.12. The van der Waals surface area contributed by atoms with Gasteiger partial charge < -0.3 is 82.5 Å². The number of carbonyl (C=O) groups excluding carboxylic acids is 3. The number of aliphatic hydroxyl groups is 4. The number of cyclic esters (lactones) is 1. The minimum Gasteiger partial charge on any atom is -0.462 e. The van der Waals surface area contributed by atoms with E-state index in [2.05, 4.69) is 0 Å². The van der Waals surface area contributed by atoms with Crippen molar-refractivity contribution in [1.82, 2.24) is 4.90 Å². The standard InChI is InChI=1S/C46H78NO20P/c1-13-33-30(22-60-44-42(59-12)41(58-11)37(52)26(5)62-44)18-23(2)14-15-31(49)24(3)19-29(16-17-48)38(25(4)32(50)20-34(51)64-33)66-45-40(67-68(55,56)57)36(47(9)10)39(27(6)63-45)65-35-21-46(8,54)43(53)28(7)61-35/h14-15,17-18,24-30,32-33,35-45,50,52-54H,13,16,19-22H2,1-12H3,(H2,55,56,57)/b15-14-,23-18+/t24-,25+,26-,27-,28+,29+,30-,32-,33?,35+,36+,37-,38?,39-,40-,41-,42-,43+,44-,45+,46-/m1/s1. The molecule has 4 rings (SSSR count). The number of nitrogens with zero attached hydrogens (tertiary/aromatic N) is 1. The Morgan fingerprint density at radius 1 is 0.882 bits per heavy atom. The van der Waals surface area contributed by atoms with Crippen LogP contribution in [0.5, 0.6) is 0 Å². The van der Waals surface area contributed by atoms with Crippen molar-refractivity contribution in [2.45, 2.75) is 191 Å². The van der Waals surface area contributed by atoms with Gasteiger partial charge in [-0.15, -0.1) is 0 Å². The lowest BCUT2D eigenvalue weighted by Gasteiger charge is -2.51. The molecule has 22 heteroatoms. The fourth-order valence-electron chi connectivity index (χ4n) is 9.75. The quantitative estimate of drug-likeness (QED) is 0.0777. The van der Waals surface area contributed by atoms with Gasteiger partial charge in [0, 0.05) is 44.8 Å². The van der Waals surface area contributed by atoms with Crippen molar-refractivity contribution >= 4 is 25.9 Å². The van der Waals surface area contributed by atoms with Crippen LogP contribution >= 0.6 is 7.82 Å². The maximum Gasteiger partial charge on any atom is 0.470 e. The van der Waals surface area contributed by atoms with Crippen LogP contribution in [0.4, 0.5) is 0 Å². The molecule has 3 saturated heterocycles. The van der Waals surface area contributed by atoms with Gasteiger partial charge in [0.2, 0.25) is 0 Å². The molecule has 68 heavy (non-hydrogen) atoms. The van der Waals surface area contributed by atoms with Crippen LogP contribution in [0.2, 0.25) is 0 Å². The molecular weight excluding hydrogens is 917 g/mol. The Balaban J connectivity index is 1.70. The summed E-state index contributed by atoms with van der Waals surface area (Å²) in [7, 11) is 0.806. The third-order valence-corrected chi connectivity index (χ3v) is 14.2.